The van der Waals surface area contributed by atoms with Crippen LogP contribution < -0.4 is 9.80 Å². The molecule has 2 aromatic carbocycles. The van der Waals surface area contributed by atoms with Gasteiger partial charge < -0.3 is 9.80 Å². The lowest BCUT2D eigenvalue weighted by Crippen LogP contribution is -2.41. The first kappa shape index (κ1) is 21.5. The van der Waals surface area contributed by atoms with Crippen molar-refractivity contribution in [2.75, 3.05) is 23.4 Å². The summed E-state index contributed by atoms with van der Waals surface area (Å²) in [5, 5.41) is 0.505. The van der Waals surface area contributed by atoms with Crippen LogP contribution in [-0.2, 0) is 16.0 Å². The van der Waals surface area contributed by atoms with E-state index in [0.29, 0.717) is 36.3 Å². The zero-order chi connectivity index (χ0) is 21.3. The lowest BCUT2D eigenvalue weighted by atomic mass is 9.90. The maximum absolute atomic E-state index is 14.0. The molecule has 0 radical (unpaired) electrons. The Morgan fingerprint density at radius 2 is 1.86 bits per heavy atom. The zero-order valence-electron chi connectivity index (χ0n) is 16.0. The van der Waals surface area contributed by atoms with Crippen LogP contribution in [0.1, 0.15) is 25.3 Å². The summed E-state index contributed by atoms with van der Waals surface area (Å²) < 4.78 is 27.2. The molecular weight excluding hydrogens is 421 g/mol. The molecule has 3 rings (SSSR count). The molecule has 1 unspecified atom stereocenters. The fraction of sp³-hybridized carbons (Fsp3) is 0.333. The van der Waals surface area contributed by atoms with Crippen LogP contribution in [0.5, 0.6) is 0 Å². The normalized spacial score (nSPS) is 16.8. The van der Waals surface area contributed by atoms with Crippen molar-refractivity contribution in [3.8, 4) is 0 Å². The summed E-state index contributed by atoms with van der Waals surface area (Å²) in [7, 11) is 1.60. The number of nitrogens with zero attached hydrogens (tertiary/aromatic N) is 2. The molecule has 4 nitrogen and oxygen atoms in total. The van der Waals surface area contributed by atoms with Crippen LogP contribution >= 0.6 is 23.2 Å². The highest BCUT2D eigenvalue weighted by molar-refractivity contribution is 6.40. The van der Waals surface area contributed by atoms with E-state index in [1.807, 2.05) is 0 Å². The van der Waals surface area contributed by atoms with Gasteiger partial charge in [-0.15, -0.1) is 0 Å². The molecule has 0 aliphatic carbocycles. The van der Waals surface area contributed by atoms with Crippen LogP contribution in [0.15, 0.2) is 30.3 Å². The molecule has 0 aromatic heterocycles. The lowest BCUT2D eigenvalue weighted by molar-refractivity contribution is -0.120. The van der Waals surface area contributed by atoms with Gasteiger partial charge in [0.15, 0.2) is 0 Å². The van der Waals surface area contributed by atoms with Gasteiger partial charge in [-0.25, -0.2) is 8.78 Å². The predicted octanol–water partition coefficient (Wildman–Crippen LogP) is 5.24. The molecule has 154 valence electrons. The van der Waals surface area contributed by atoms with Crippen molar-refractivity contribution in [1.82, 2.24) is 0 Å². The Balaban J connectivity index is 1.85. The predicted molar refractivity (Wildman–Crippen MR) is 111 cm³/mol. The summed E-state index contributed by atoms with van der Waals surface area (Å²) >= 11 is 12.8. The molecule has 1 aliphatic rings. The second-order valence-corrected chi connectivity index (χ2v) is 8.00. The second kappa shape index (κ2) is 8.67. The van der Waals surface area contributed by atoms with E-state index in [2.05, 4.69) is 0 Å². The van der Waals surface area contributed by atoms with E-state index in [1.165, 1.54) is 28.9 Å². The summed E-state index contributed by atoms with van der Waals surface area (Å²) in [5.74, 6) is -1.56. The van der Waals surface area contributed by atoms with E-state index in [9.17, 15) is 18.4 Å². The molecule has 0 saturated carbocycles. The van der Waals surface area contributed by atoms with E-state index in [4.69, 9.17) is 23.2 Å². The van der Waals surface area contributed by atoms with Crippen molar-refractivity contribution < 1.29 is 18.4 Å². The smallest absolute Gasteiger partial charge is 0.227 e. The SMILES string of the molecule is CC(=O)N(C)c1cc(Cl)c(N2CC(Cc3ccc(F)cc3F)CCC2=O)c(Cl)c1. The molecule has 1 heterocycles. The molecule has 0 N–H and O–H groups in total. The van der Waals surface area contributed by atoms with Gasteiger partial charge in [-0.05, 0) is 42.5 Å². The number of piperidine rings is 1. The number of hydrogen-bond acceptors (Lipinski definition) is 2. The van der Waals surface area contributed by atoms with Crippen LogP contribution in [0.2, 0.25) is 10.0 Å². The van der Waals surface area contributed by atoms with Gasteiger partial charge in [-0.1, -0.05) is 29.3 Å². The third kappa shape index (κ3) is 4.70. The van der Waals surface area contributed by atoms with Gasteiger partial charge in [0.25, 0.3) is 0 Å². The summed E-state index contributed by atoms with van der Waals surface area (Å²) in [6, 6.07) is 6.68. The molecule has 1 saturated heterocycles. The largest absolute Gasteiger partial charge is 0.316 e. The molecule has 1 atom stereocenters. The Morgan fingerprint density at radius 3 is 2.45 bits per heavy atom. The van der Waals surface area contributed by atoms with E-state index in [0.717, 1.165) is 6.07 Å². The Bertz CT molecular complexity index is 945. The quantitative estimate of drug-likeness (QED) is 0.651. The Labute approximate surface area is 178 Å². The number of amides is 2. The fourth-order valence-corrected chi connectivity index (χ4v) is 4.16. The van der Waals surface area contributed by atoms with Crippen molar-refractivity contribution >= 4 is 46.4 Å². The molecular formula is C21H20Cl2F2N2O2. The third-order valence-corrected chi connectivity index (χ3v) is 5.74. The second-order valence-electron chi connectivity index (χ2n) is 7.18. The van der Waals surface area contributed by atoms with Crippen LogP contribution in [0.25, 0.3) is 0 Å². The zero-order valence-corrected chi connectivity index (χ0v) is 17.5. The van der Waals surface area contributed by atoms with Crippen LogP contribution in [-0.4, -0.2) is 25.4 Å². The summed E-state index contributed by atoms with van der Waals surface area (Å²) in [6.45, 7) is 1.74. The minimum absolute atomic E-state index is 0.0284. The Hall–Kier alpha value is -2.18. The molecule has 1 aliphatic heterocycles. The first-order valence-corrected chi connectivity index (χ1v) is 9.90. The Kier molecular flexibility index (Phi) is 6.44. The van der Waals surface area contributed by atoms with Crippen LogP contribution in [0.4, 0.5) is 20.2 Å². The molecule has 0 spiro atoms. The van der Waals surface area contributed by atoms with Crippen molar-refractivity contribution in [1.29, 1.82) is 0 Å². The number of carbonyl (C=O) groups excluding carboxylic acids is 2. The highest BCUT2D eigenvalue weighted by atomic mass is 35.5. The van der Waals surface area contributed by atoms with Crippen molar-refractivity contribution in [2.24, 2.45) is 5.92 Å². The summed E-state index contributed by atoms with van der Waals surface area (Å²) in [4.78, 5) is 27.1. The summed E-state index contributed by atoms with van der Waals surface area (Å²) in [5.41, 5.74) is 1.30. The maximum Gasteiger partial charge on any atom is 0.227 e. The molecule has 2 aromatic rings. The van der Waals surface area contributed by atoms with Crippen molar-refractivity contribution in [3.63, 3.8) is 0 Å². The monoisotopic (exact) mass is 440 g/mol. The number of halogens is 4. The standard InChI is InChI=1S/C21H20Cl2F2N2O2/c1-12(28)26(2)16-9-17(22)21(18(23)10-16)27-11-13(3-6-20(27)29)7-14-4-5-15(24)8-19(14)25/h4-5,8-10,13H,3,6-7,11H2,1-2H3. The Morgan fingerprint density at radius 1 is 1.21 bits per heavy atom. The van der Waals surface area contributed by atoms with Gasteiger partial charge in [0.2, 0.25) is 11.8 Å². The third-order valence-electron chi connectivity index (χ3n) is 5.16. The van der Waals surface area contributed by atoms with E-state index in [1.54, 1.807) is 19.2 Å². The lowest BCUT2D eigenvalue weighted by Gasteiger charge is -2.34. The van der Waals surface area contributed by atoms with Gasteiger partial charge in [-0.2, -0.15) is 0 Å². The first-order chi connectivity index (χ1) is 13.7. The molecule has 29 heavy (non-hydrogen) atoms. The van der Waals surface area contributed by atoms with E-state index < -0.39 is 11.6 Å². The highest BCUT2D eigenvalue weighted by Gasteiger charge is 2.30. The fourth-order valence-electron chi connectivity index (χ4n) is 3.48. The molecule has 8 heteroatoms. The van der Waals surface area contributed by atoms with Gasteiger partial charge in [-0.3, -0.25) is 9.59 Å². The van der Waals surface area contributed by atoms with Crippen molar-refractivity contribution in [3.05, 3.63) is 57.6 Å². The number of rotatable bonds is 4. The number of benzene rings is 2. The molecule has 1 fully saturated rings. The van der Waals surface area contributed by atoms with Crippen molar-refractivity contribution in [2.45, 2.75) is 26.2 Å². The highest BCUT2D eigenvalue weighted by Crippen LogP contribution is 2.40. The average molecular weight is 441 g/mol. The minimum atomic E-state index is -0.624. The number of carbonyl (C=O) groups is 2. The number of hydrogen-bond donors (Lipinski definition) is 0. The number of anilines is 2. The van der Waals surface area contributed by atoms with Gasteiger partial charge in [0.1, 0.15) is 11.6 Å². The van der Waals surface area contributed by atoms with E-state index >= 15 is 0 Å². The molecule has 0 bridgehead atoms. The van der Waals surface area contributed by atoms with Gasteiger partial charge >= 0.3 is 0 Å². The topological polar surface area (TPSA) is 40.6 Å². The van der Waals surface area contributed by atoms with Gasteiger partial charge in [0.05, 0.1) is 15.7 Å². The van der Waals surface area contributed by atoms with Gasteiger partial charge in [0, 0.05) is 38.7 Å². The van der Waals surface area contributed by atoms with E-state index in [-0.39, 0.29) is 34.2 Å². The first-order valence-electron chi connectivity index (χ1n) is 9.15. The summed E-state index contributed by atoms with van der Waals surface area (Å²) in [6.07, 6.45) is 1.23. The van der Waals surface area contributed by atoms with Crippen LogP contribution in [0, 0.1) is 17.6 Å². The minimum Gasteiger partial charge on any atom is -0.316 e. The van der Waals surface area contributed by atoms with Crippen LogP contribution in [0.3, 0.4) is 0 Å². The average Bonchev–Trinajstić information content (AvgIpc) is 2.65. The maximum atomic E-state index is 14.0. The molecule has 2 amide bonds.